The highest BCUT2D eigenvalue weighted by molar-refractivity contribution is 6.21. The smallest absolute Gasteiger partial charge is 0.269 e. The number of fused-ring (bicyclic) bond motifs is 2. The Bertz CT molecular complexity index is 941. The standard InChI is InChI=1S/C16H13N5O2/c1-9-7-10(2)21-16(17-9)18-13(19-21)8-20-14(22)11-5-3-4-6-12(11)15(20)23/h3-7H,8H2,1-2H3/p+1. The number of aryl methyl sites for hydroxylation is 2. The van der Waals surface area contributed by atoms with Gasteiger partial charge in [-0.15, -0.1) is 4.52 Å². The summed E-state index contributed by atoms with van der Waals surface area (Å²) in [5, 5.41) is 3.08. The summed E-state index contributed by atoms with van der Waals surface area (Å²) in [4.78, 5) is 34.7. The molecule has 2 aromatic heterocycles. The maximum atomic E-state index is 12.4. The number of amides is 2. The van der Waals surface area contributed by atoms with Crippen LogP contribution < -0.4 is 4.52 Å². The molecule has 23 heavy (non-hydrogen) atoms. The van der Waals surface area contributed by atoms with Crippen molar-refractivity contribution in [2.45, 2.75) is 20.4 Å². The van der Waals surface area contributed by atoms with Gasteiger partial charge in [-0.2, -0.15) is 0 Å². The Morgan fingerprint density at radius 1 is 1.09 bits per heavy atom. The molecule has 0 saturated carbocycles. The largest absolute Gasteiger partial charge is 0.457 e. The molecular formula is C16H14N5O2+. The van der Waals surface area contributed by atoms with E-state index in [1.165, 1.54) is 4.90 Å². The molecule has 0 bridgehead atoms. The topological polar surface area (TPSA) is 83.0 Å². The van der Waals surface area contributed by atoms with Gasteiger partial charge in [0.2, 0.25) is 5.82 Å². The number of hydrogen-bond acceptors (Lipinski definition) is 4. The molecule has 2 amide bonds. The molecule has 0 aliphatic carbocycles. The summed E-state index contributed by atoms with van der Waals surface area (Å²) in [6, 6.07) is 8.76. The lowest BCUT2D eigenvalue weighted by molar-refractivity contribution is -0.587. The molecule has 114 valence electrons. The Hall–Kier alpha value is -3.09. The van der Waals surface area contributed by atoms with Gasteiger partial charge in [-0.1, -0.05) is 17.1 Å². The molecule has 1 aromatic carbocycles. The summed E-state index contributed by atoms with van der Waals surface area (Å²) in [5.74, 6) is 0.448. The number of nitrogens with zero attached hydrogens (tertiary/aromatic N) is 4. The molecule has 0 unspecified atom stereocenters. The van der Waals surface area contributed by atoms with E-state index in [-0.39, 0.29) is 18.4 Å². The summed E-state index contributed by atoms with van der Waals surface area (Å²) in [6.45, 7) is 3.92. The monoisotopic (exact) mass is 308 g/mol. The number of carbonyl (C=O) groups excluding carboxylic acids is 2. The van der Waals surface area contributed by atoms with E-state index >= 15 is 0 Å². The average molecular weight is 308 g/mol. The van der Waals surface area contributed by atoms with E-state index < -0.39 is 0 Å². The minimum Gasteiger partial charge on any atom is -0.269 e. The fourth-order valence-electron chi connectivity index (χ4n) is 2.86. The minimum atomic E-state index is -0.295. The highest BCUT2D eigenvalue weighted by Gasteiger charge is 2.36. The molecule has 0 atom stereocenters. The predicted molar refractivity (Wildman–Crippen MR) is 79.7 cm³/mol. The number of benzene rings is 1. The second kappa shape index (κ2) is 4.70. The first-order valence-electron chi connectivity index (χ1n) is 7.25. The summed E-state index contributed by atoms with van der Waals surface area (Å²) in [6.07, 6.45) is 0. The molecule has 0 spiro atoms. The van der Waals surface area contributed by atoms with Gasteiger partial charge in [-0.25, -0.2) is 5.10 Å². The summed E-state index contributed by atoms with van der Waals surface area (Å²) >= 11 is 0. The van der Waals surface area contributed by atoms with Crippen molar-refractivity contribution in [3.05, 3.63) is 58.7 Å². The normalized spacial score (nSPS) is 13.9. The predicted octanol–water partition coefficient (Wildman–Crippen LogP) is 0.956. The SMILES string of the molecule is Cc1cc(C)[n+]2[nH]c(CN3C(=O)c4ccccc4C3=O)nc2n1. The molecule has 1 aliphatic rings. The third kappa shape index (κ3) is 2.01. The van der Waals surface area contributed by atoms with Crippen molar-refractivity contribution in [2.24, 2.45) is 0 Å². The Kier molecular flexibility index (Phi) is 2.77. The molecule has 7 heteroatoms. The van der Waals surface area contributed by atoms with E-state index in [2.05, 4.69) is 15.1 Å². The van der Waals surface area contributed by atoms with Crippen LogP contribution in [0.1, 0.15) is 37.9 Å². The molecule has 0 fully saturated rings. The van der Waals surface area contributed by atoms with Gasteiger partial charge in [0.25, 0.3) is 11.8 Å². The van der Waals surface area contributed by atoms with Crippen LogP contribution in [-0.4, -0.2) is 31.8 Å². The van der Waals surface area contributed by atoms with E-state index in [1.807, 2.05) is 19.9 Å². The van der Waals surface area contributed by atoms with Crippen molar-refractivity contribution in [1.29, 1.82) is 0 Å². The Labute approximate surface area is 131 Å². The van der Waals surface area contributed by atoms with Crippen molar-refractivity contribution in [2.75, 3.05) is 0 Å². The van der Waals surface area contributed by atoms with Crippen LogP contribution in [0.3, 0.4) is 0 Å². The third-order valence-corrected chi connectivity index (χ3v) is 3.91. The van der Waals surface area contributed by atoms with Gasteiger partial charge in [0.1, 0.15) is 17.9 Å². The molecule has 1 N–H and O–H groups in total. The summed E-state index contributed by atoms with van der Waals surface area (Å²) in [7, 11) is 0. The lowest BCUT2D eigenvalue weighted by Gasteiger charge is -2.09. The lowest BCUT2D eigenvalue weighted by atomic mass is 10.1. The van der Waals surface area contributed by atoms with Crippen LogP contribution in [0.5, 0.6) is 0 Å². The first-order chi connectivity index (χ1) is 11.0. The number of imide groups is 1. The zero-order valence-electron chi connectivity index (χ0n) is 12.7. The third-order valence-electron chi connectivity index (χ3n) is 3.91. The van der Waals surface area contributed by atoms with Crippen molar-refractivity contribution in [3.63, 3.8) is 0 Å². The molecule has 3 heterocycles. The molecule has 0 saturated heterocycles. The maximum Gasteiger partial charge on any atom is 0.457 e. The van der Waals surface area contributed by atoms with E-state index in [9.17, 15) is 9.59 Å². The molecule has 1 aliphatic heterocycles. The zero-order valence-corrected chi connectivity index (χ0v) is 12.7. The number of aromatic amines is 1. The summed E-state index contributed by atoms with van der Waals surface area (Å²) in [5.41, 5.74) is 2.69. The van der Waals surface area contributed by atoms with Crippen molar-refractivity contribution < 1.29 is 14.1 Å². The van der Waals surface area contributed by atoms with Crippen LogP contribution in [0, 0.1) is 13.8 Å². The number of H-pyrrole nitrogens is 1. The average Bonchev–Trinajstić information content (AvgIpc) is 3.03. The van der Waals surface area contributed by atoms with Gasteiger partial charge in [-0.05, 0) is 31.0 Å². The van der Waals surface area contributed by atoms with Crippen LogP contribution in [0.15, 0.2) is 30.3 Å². The molecular weight excluding hydrogens is 294 g/mol. The molecule has 3 aromatic rings. The van der Waals surface area contributed by atoms with Gasteiger partial charge in [-0.3, -0.25) is 14.5 Å². The Balaban J connectivity index is 1.71. The second-order valence-corrected chi connectivity index (χ2v) is 5.59. The summed E-state index contributed by atoms with van der Waals surface area (Å²) < 4.78 is 1.74. The minimum absolute atomic E-state index is 0.0915. The first-order valence-corrected chi connectivity index (χ1v) is 7.25. The van der Waals surface area contributed by atoms with Crippen LogP contribution in [0.4, 0.5) is 0 Å². The number of carbonyl (C=O) groups is 2. The van der Waals surface area contributed by atoms with Gasteiger partial charge >= 0.3 is 5.78 Å². The van der Waals surface area contributed by atoms with Gasteiger partial charge in [0.05, 0.1) is 11.1 Å². The van der Waals surface area contributed by atoms with Crippen molar-refractivity contribution in [3.8, 4) is 0 Å². The van der Waals surface area contributed by atoms with Crippen LogP contribution in [0.25, 0.3) is 5.78 Å². The fourth-order valence-corrected chi connectivity index (χ4v) is 2.86. The first kappa shape index (κ1) is 13.6. The molecule has 7 nitrogen and oxygen atoms in total. The highest BCUT2D eigenvalue weighted by Crippen LogP contribution is 2.23. The fraction of sp³-hybridized carbons (Fsp3) is 0.188. The van der Waals surface area contributed by atoms with Gasteiger partial charge in [0, 0.05) is 6.07 Å². The lowest BCUT2D eigenvalue weighted by Crippen LogP contribution is -2.31. The number of rotatable bonds is 2. The van der Waals surface area contributed by atoms with Crippen LogP contribution >= 0.6 is 0 Å². The molecule has 4 rings (SSSR count). The van der Waals surface area contributed by atoms with Crippen LogP contribution in [-0.2, 0) is 6.54 Å². The maximum absolute atomic E-state index is 12.4. The highest BCUT2D eigenvalue weighted by atomic mass is 16.2. The van der Waals surface area contributed by atoms with E-state index in [0.717, 1.165) is 11.4 Å². The second-order valence-electron chi connectivity index (χ2n) is 5.59. The van der Waals surface area contributed by atoms with Gasteiger partial charge in [0.15, 0.2) is 0 Å². The molecule has 0 radical (unpaired) electrons. The van der Waals surface area contributed by atoms with Gasteiger partial charge < -0.3 is 0 Å². The van der Waals surface area contributed by atoms with Crippen LogP contribution in [0.2, 0.25) is 0 Å². The quantitative estimate of drug-likeness (QED) is 0.564. The zero-order chi connectivity index (χ0) is 16.1. The van der Waals surface area contributed by atoms with Crippen molar-refractivity contribution >= 4 is 17.6 Å². The number of hydrogen-bond donors (Lipinski definition) is 1. The number of nitrogens with one attached hydrogen (secondary N) is 1. The Morgan fingerprint density at radius 2 is 1.74 bits per heavy atom. The Morgan fingerprint density at radius 3 is 2.39 bits per heavy atom. The number of aromatic nitrogens is 4. The van der Waals surface area contributed by atoms with E-state index in [1.54, 1.807) is 28.8 Å². The van der Waals surface area contributed by atoms with E-state index in [4.69, 9.17) is 0 Å². The van der Waals surface area contributed by atoms with E-state index in [0.29, 0.717) is 22.7 Å². The van der Waals surface area contributed by atoms with Crippen molar-refractivity contribution in [1.82, 2.24) is 20.0 Å².